The topological polar surface area (TPSA) is 67.9 Å². The van der Waals surface area contributed by atoms with E-state index < -0.39 is 12.1 Å². The number of carbonyl (C=O) groups excluding carboxylic acids is 2. The number of hydrogen-bond acceptors (Lipinski definition) is 4. The maximum Gasteiger partial charge on any atom is 0.336 e. The third-order valence-corrected chi connectivity index (χ3v) is 2.30. The zero-order chi connectivity index (χ0) is 13.1. The number of rotatable bonds is 1. The number of nitrogens with one attached hydrogen (secondary N) is 1. The van der Waals surface area contributed by atoms with Crippen molar-refractivity contribution in [1.82, 2.24) is 10.2 Å². The minimum absolute atomic E-state index is 0.185. The van der Waals surface area contributed by atoms with Gasteiger partial charge in [0.2, 0.25) is 0 Å². The van der Waals surface area contributed by atoms with Gasteiger partial charge in [-0.25, -0.2) is 9.59 Å². The summed E-state index contributed by atoms with van der Waals surface area (Å²) >= 11 is 0. The van der Waals surface area contributed by atoms with Crippen molar-refractivity contribution in [3.05, 3.63) is 0 Å². The lowest BCUT2D eigenvalue weighted by Gasteiger charge is -2.33. The molecule has 1 aliphatic heterocycles. The Kier molecular flexibility index (Phi) is 4.34. The molecule has 1 saturated heterocycles. The zero-order valence-corrected chi connectivity index (χ0v) is 10.8. The predicted octanol–water partition coefficient (Wildman–Crippen LogP) is 0.368. The third kappa shape index (κ3) is 4.22. The Labute approximate surface area is 101 Å². The van der Waals surface area contributed by atoms with E-state index in [1.165, 1.54) is 7.11 Å². The molecule has 0 aliphatic carbocycles. The van der Waals surface area contributed by atoms with Crippen LogP contribution in [-0.2, 0) is 14.3 Å². The smallest absolute Gasteiger partial charge is 0.336 e. The number of esters is 1. The number of hydrogen-bond donors (Lipinski definition) is 1. The highest BCUT2D eigenvalue weighted by atomic mass is 16.6. The van der Waals surface area contributed by atoms with Gasteiger partial charge in [0.1, 0.15) is 0 Å². The van der Waals surface area contributed by atoms with Gasteiger partial charge in [0.15, 0.2) is 6.10 Å². The predicted molar refractivity (Wildman–Crippen MR) is 61.6 cm³/mol. The number of ether oxygens (including phenoxy) is 2. The molecule has 1 heterocycles. The van der Waals surface area contributed by atoms with Crippen LogP contribution >= 0.6 is 0 Å². The summed E-state index contributed by atoms with van der Waals surface area (Å²) in [6.07, 6.45) is -0.681. The van der Waals surface area contributed by atoms with Crippen molar-refractivity contribution in [2.45, 2.75) is 32.4 Å². The normalized spacial score (nSPS) is 20.9. The number of amides is 2. The van der Waals surface area contributed by atoms with Crippen molar-refractivity contribution >= 4 is 12.0 Å². The highest BCUT2D eigenvalue weighted by Crippen LogP contribution is 2.08. The van der Waals surface area contributed by atoms with E-state index in [2.05, 4.69) is 10.1 Å². The Morgan fingerprint density at radius 1 is 1.41 bits per heavy atom. The summed E-state index contributed by atoms with van der Waals surface area (Å²) in [4.78, 5) is 24.8. The standard InChI is InChI=1S/C11H20N2O4/c1-11(2,3)12-10(15)13-5-6-17-8(7-13)9(14)16-4/h8H,5-7H2,1-4H3,(H,12,15). The molecule has 1 fully saturated rings. The first-order chi connectivity index (χ1) is 7.83. The summed E-state index contributed by atoms with van der Waals surface area (Å²) < 4.78 is 9.84. The minimum atomic E-state index is -0.681. The molecule has 0 aromatic heterocycles. The van der Waals surface area contributed by atoms with Crippen LogP contribution in [0, 0.1) is 0 Å². The van der Waals surface area contributed by atoms with E-state index in [0.29, 0.717) is 13.2 Å². The molecular weight excluding hydrogens is 224 g/mol. The Morgan fingerprint density at radius 3 is 2.59 bits per heavy atom. The highest BCUT2D eigenvalue weighted by molar-refractivity contribution is 5.78. The molecule has 0 radical (unpaired) electrons. The first kappa shape index (κ1) is 13.8. The maximum atomic E-state index is 11.9. The summed E-state index contributed by atoms with van der Waals surface area (Å²) in [5.41, 5.74) is -0.295. The quantitative estimate of drug-likeness (QED) is 0.677. The second kappa shape index (κ2) is 5.35. The summed E-state index contributed by atoms with van der Waals surface area (Å²) in [5, 5.41) is 2.85. The third-order valence-electron chi connectivity index (χ3n) is 2.30. The lowest BCUT2D eigenvalue weighted by molar-refractivity contribution is -0.158. The van der Waals surface area contributed by atoms with E-state index in [9.17, 15) is 9.59 Å². The van der Waals surface area contributed by atoms with E-state index in [1.54, 1.807) is 4.90 Å². The molecule has 17 heavy (non-hydrogen) atoms. The molecule has 0 aromatic carbocycles. The van der Waals surface area contributed by atoms with Gasteiger partial charge in [-0.05, 0) is 20.8 Å². The molecule has 6 heteroatoms. The van der Waals surface area contributed by atoms with Gasteiger partial charge in [-0.3, -0.25) is 0 Å². The van der Waals surface area contributed by atoms with E-state index >= 15 is 0 Å². The van der Waals surface area contributed by atoms with Crippen molar-refractivity contribution < 1.29 is 19.1 Å². The molecule has 0 aromatic rings. The fraction of sp³-hybridized carbons (Fsp3) is 0.818. The van der Waals surface area contributed by atoms with Crippen molar-refractivity contribution in [1.29, 1.82) is 0 Å². The number of methoxy groups -OCH3 is 1. The summed E-state index contributed by atoms with van der Waals surface area (Å²) in [6.45, 7) is 6.77. The Bertz CT molecular complexity index is 298. The lowest BCUT2D eigenvalue weighted by atomic mass is 10.1. The van der Waals surface area contributed by atoms with E-state index in [-0.39, 0.29) is 18.1 Å². The molecule has 1 atom stereocenters. The van der Waals surface area contributed by atoms with Crippen molar-refractivity contribution in [3.8, 4) is 0 Å². The molecule has 0 bridgehead atoms. The second-order valence-electron chi connectivity index (χ2n) is 5.01. The van der Waals surface area contributed by atoms with Crippen molar-refractivity contribution in [2.75, 3.05) is 26.8 Å². The van der Waals surface area contributed by atoms with Crippen LogP contribution in [0.15, 0.2) is 0 Å². The molecule has 98 valence electrons. The van der Waals surface area contributed by atoms with E-state index in [1.807, 2.05) is 20.8 Å². The largest absolute Gasteiger partial charge is 0.467 e. The van der Waals surface area contributed by atoms with Crippen molar-refractivity contribution in [2.24, 2.45) is 0 Å². The lowest BCUT2D eigenvalue weighted by Crippen LogP contribution is -2.55. The van der Waals surface area contributed by atoms with Crippen molar-refractivity contribution in [3.63, 3.8) is 0 Å². The van der Waals surface area contributed by atoms with Gasteiger partial charge in [0.05, 0.1) is 20.3 Å². The average Bonchev–Trinajstić information content (AvgIpc) is 2.26. The summed E-state index contributed by atoms with van der Waals surface area (Å²) in [6, 6.07) is -0.185. The van der Waals surface area contributed by atoms with E-state index in [4.69, 9.17) is 4.74 Å². The highest BCUT2D eigenvalue weighted by Gasteiger charge is 2.30. The molecule has 0 spiro atoms. The van der Waals surface area contributed by atoms with Crippen LogP contribution in [0.3, 0.4) is 0 Å². The average molecular weight is 244 g/mol. The number of carbonyl (C=O) groups is 2. The number of morpholine rings is 1. The molecule has 2 amide bonds. The SMILES string of the molecule is COC(=O)C1CN(C(=O)NC(C)(C)C)CCO1. The van der Waals surface area contributed by atoms with Crippen LogP contribution in [0.1, 0.15) is 20.8 Å². The Hall–Kier alpha value is -1.30. The van der Waals surface area contributed by atoms with Crippen LogP contribution < -0.4 is 5.32 Å². The Morgan fingerprint density at radius 2 is 2.06 bits per heavy atom. The maximum absolute atomic E-state index is 11.9. The summed E-state index contributed by atoms with van der Waals surface area (Å²) in [5.74, 6) is -0.446. The monoisotopic (exact) mass is 244 g/mol. The first-order valence-electron chi connectivity index (χ1n) is 5.60. The first-order valence-corrected chi connectivity index (χ1v) is 5.60. The van der Waals surface area contributed by atoms with Crippen LogP contribution in [0.5, 0.6) is 0 Å². The van der Waals surface area contributed by atoms with Gasteiger partial charge in [-0.1, -0.05) is 0 Å². The zero-order valence-electron chi connectivity index (χ0n) is 10.8. The fourth-order valence-electron chi connectivity index (χ4n) is 1.51. The number of urea groups is 1. The van der Waals surface area contributed by atoms with Crippen LogP contribution in [0.4, 0.5) is 4.79 Å². The van der Waals surface area contributed by atoms with Gasteiger partial charge in [0, 0.05) is 12.1 Å². The Balaban J connectivity index is 2.55. The van der Waals surface area contributed by atoms with Gasteiger partial charge >= 0.3 is 12.0 Å². The van der Waals surface area contributed by atoms with E-state index in [0.717, 1.165) is 0 Å². The molecule has 0 saturated carbocycles. The molecule has 1 aliphatic rings. The van der Waals surface area contributed by atoms with Crippen LogP contribution in [0.2, 0.25) is 0 Å². The van der Waals surface area contributed by atoms with Crippen LogP contribution in [0.25, 0.3) is 0 Å². The molecular formula is C11H20N2O4. The molecule has 6 nitrogen and oxygen atoms in total. The van der Waals surface area contributed by atoms with Crippen LogP contribution in [-0.4, -0.2) is 55.3 Å². The minimum Gasteiger partial charge on any atom is -0.467 e. The van der Waals surface area contributed by atoms with Gasteiger partial charge in [-0.15, -0.1) is 0 Å². The van der Waals surface area contributed by atoms with Gasteiger partial charge < -0.3 is 19.7 Å². The molecule has 1 unspecified atom stereocenters. The molecule has 1 rings (SSSR count). The van der Waals surface area contributed by atoms with Gasteiger partial charge in [-0.2, -0.15) is 0 Å². The molecule has 1 N–H and O–H groups in total. The second-order valence-corrected chi connectivity index (χ2v) is 5.01. The summed E-state index contributed by atoms with van der Waals surface area (Å²) in [7, 11) is 1.31. The number of nitrogens with zero attached hydrogens (tertiary/aromatic N) is 1. The van der Waals surface area contributed by atoms with Gasteiger partial charge in [0.25, 0.3) is 0 Å². The fourth-order valence-corrected chi connectivity index (χ4v) is 1.51.